The lowest BCUT2D eigenvalue weighted by Crippen LogP contribution is -2.49. The Kier molecular flexibility index (Phi) is 9.00. The standard InChI is InChI=1S/C27H36N6O5/c34-26(32-12-10-31(11-13-32)20-22-2-3-24-25(18-22)38-21-37-24)4-9-33(27(35)23-19-28-5-6-29-23)8-1-7-30-14-16-36-17-15-30/h2-3,5-6,18-19H,1,4,7-17,20-21H2. The van der Waals surface area contributed by atoms with Crippen molar-refractivity contribution in [2.75, 3.05) is 78.9 Å². The third kappa shape index (κ3) is 6.97. The van der Waals surface area contributed by atoms with Crippen LogP contribution in [0.2, 0.25) is 0 Å². The zero-order valence-corrected chi connectivity index (χ0v) is 21.8. The molecule has 38 heavy (non-hydrogen) atoms. The number of carbonyl (C=O) groups is 2. The third-order valence-electron chi connectivity index (χ3n) is 7.24. The van der Waals surface area contributed by atoms with E-state index in [9.17, 15) is 9.59 Å². The van der Waals surface area contributed by atoms with Crippen molar-refractivity contribution < 1.29 is 23.8 Å². The summed E-state index contributed by atoms with van der Waals surface area (Å²) in [6, 6.07) is 6.04. The Hall–Kier alpha value is -3.28. The second kappa shape index (κ2) is 13.0. The van der Waals surface area contributed by atoms with Gasteiger partial charge in [0.05, 0.1) is 19.4 Å². The Morgan fingerprint density at radius 2 is 1.74 bits per heavy atom. The van der Waals surface area contributed by atoms with E-state index in [4.69, 9.17) is 14.2 Å². The first kappa shape index (κ1) is 26.3. The van der Waals surface area contributed by atoms with Crippen LogP contribution in [0.3, 0.4) is 0 Å². The van der Waals surface area contributed by atoms with Gasteiger partial charge in [0.2, 0.25) is 12.7 Å². The van der Waals surface area contributed by atoms with Crippen LogP contribution in [0.1, 0.15) is 28.9 Å². The quantitative estimate of drug-likeness (QED) is 0.452. The Morgan fingerprint density at radius 1 is 0.921 bits per heavy atom. The maximum absolute atomic E-state index is 13.1. The number of piperazine rings is 1. The first-order chi connectivity index (χ1) is 18.7. The van der Waals surface area contributed by atoms with E-state index in [1.165, 1.54) is 18.0 Å². The first-order valence-corrected chi connectivity index (χ1v) is 13.4. The van der Waals surface area contributed by atoms with Crippen LogP contribution >= 0.6 is 0 Å². The molecule has 0 saturated carbocycles. The predicted molar refractivity (Wildman–Crippen MR) is 139 cm³/mol. The summed E-state index contributed by atoms with van der Waals surface area (Å²) in [5.74, 6) is 1.48. The lowest BCUT2D eigenvalue weighted by atomic mass is 10.1. The number of carbonyl (C=O) groups excluding carboxylic acids is 2. The van der Waals surface area contributed by atoms with Crippen LogP contribution in [0.5, 0.6) is 11.5 Å². The summed E-state index contributed by atoms with van der Waals surface area (Å²) in [7, 11) is 0. The van der Waals surface area contributed by atoms with E-state index in [-0.39, 0.29) is 18.6 Å². The number of ether oxygens (including phenoxy) is 3. The number of fused-ring (bicyclic) bond motifs is 1. The van der Waals surface area contributed by atoms with Crippen LogP contribution in [-0.4, -0.2) is 120 Å². The molecule has 3 aliphatic heterocycles. The molecule has 2 aromatic rings. The summed E-state index contributed by atoms with van der Waals surface area (Å²) >= 11 is 0. The molecule has 11 heteroatoms. The molecule has 2 saturated heterocycles. The van der Waals surface area contributed by atoms with Crippen molar-refractivity contribution in [1.82, 2.24) is 29.6 Å². The largest absolute Gasteiger partial charge is 0.454 e. The lowest BCUT2D eigenvalue weighted by Gasteiger charge is -2.35. The van der Waals surface area contributed by atoms with E-state index in [1.54, 1.807) is 11.1 Å². The van der Waals surface area contributed by atoms with E-state index >= 15 is 0 Å². The monoisotopic (exact) mass is 524 g/mol. The van der Waals surface area contributed by atoms with Gasteiger partial charge in [-0.05, 0) is 24.1 Å². The van der Waals surface area contributed by atoms with Crippen molar-refractivity contribution in [1.29, 1.82) is 0 Å². The number of amides is 2. The van der Waals surface area contributed by atoms with Gasteiger partial charge in [-0.25, -0.2) is 4.98 Å². The van der Waals surface area contributed by atoms with Gasteiger partial charge in [0.1, 0.15) is 5.69 Å². The first-order valence-electron chi connectivity index (χ1n) is 13.4. The topological polar surface area (TPSA) is 101 Å². The second-order valence-electron chi connectivity index (χ2n) is 9.78. The summed E-state index contributed by atoms with van der Waals surface area (Å²) in [4.78, 5) is 42.8. The molecule has 11 nitrogen and oxygen atoms in total. The Morgan fingerprint density at radius 3 is 2.53 bits per heavy atom. The lowest BCUT2D eigenvalue weighted by molar-refractivity contribution is -0.133. The van der Waals surface area contributed by atoms with Gasteiger partial charge >= 0.3 is 0 Å². The summed E-state index contributed by atoms with van der Waals surface area (Å²) in [5.41, 5.74) is 1.48. The van der Waals surface area contributed by atoms with Crippen LogP contribution in [0.15, 0.2) is 36.8 Å². The molecule has 3 aliphatic rings. The minimum absolute atomic E-state index is 0.0813. The van der Waals surface area contributed by atoms with Gasteiger partial charge in [-0.3, -0.25) is 24.4 Å². The normalized spacial score (nSPS) is 17.9. The maximum Gasteiger partial charge on any atom is 0.274 e. The molecule has 1 aromatic carbocycles. The Labute approximate surface area is 223 Å². The molecule has 0 radical (unpaired) electrons. The molecule has 0 bridgehead atoms. The molecule has 1 aromatic heterocycles. The molecule has 2 fully saturated rings. The number of nitrogens with zero attached hydrogens (tertiary/aromatic N) is 6. The zero-order valence-electron chi connectivity index (χ0n) is 21.8. The van der Waals surface area contributed by atoms with Gasteiger partial charge in [0.25, 0.3) is 5.91 Å². The van der Waals surface area contributed by atoms with Crippen LogP contribution in [0.25, 0.3) is 0 Å². The minimum Gasteiger partial charge on any atom is -0.454 e. The van der Waals surface area contributed by atoms with Gasteiger partial charge in [-0.2, -0.15) is 0 Å². The molecule has 0 atom stereocenters. The number of hydrogen-bond donors (Lipinski definition) is 0. The predicted octanol–water partition coefficient (Wildman–Crippen LogP) is 1.10. The van der Waals surface area contributed by atoms with Crippen molar-refractivity contribution in [3.63, 3.8) is 0 Å². The van der Waals surface area contributed by atoms with E-state index < -0.39 is 0 Å². The number of morpholine rings is 1. The van der Waals surface area contributed by atoms with Gasteiger partial charge in [-0.1, -0.05) is 6.07 Å². The maximum atomic E-state index is 13.1. The average Bonchev–Trinajstić information content (AvgIpc) is 3.44. The highest BCUT2D eigenvalue weighted by atomic mass is 16.7. The summed E-state index contributed by atoms with van der Waals surface area (Å²) in [6.07, 6.45) is 5.69. The van der Waals surface area contributed by atoms with E-state index in [0.717, 1.165) is 70.4 Å². The molecule has 4 heterocycles. The van der Waals surface area contributed by atoms with E-state index in [2.05, 4.69) is 25.8 Å². The second-order valence-corrected chi connectivity index (χ2v) is 9.78. The number of benzene rings is 1. The average molecular weight is 525 g/mol. The smallest absolute Gasteiger partial charge is 0.274 e. The van der Waals surface area contributed by atoms with Gasteiger partial charge in [0, 0.05) is 84.3 Å². The molecular weight excluding hydrogens is 488 g/mol. The van der Waals surface area contributed by atoms with Crippen LogP contribution in [0.4, 0.5) is 0 Å². The molecular formula is C27H36N6O5. The fourth-order valence-corrected chi connectivity index (χ4v) is 5.04. The van der Waals surface area contributed by atoms with Crippen molar-refractivity contribution >= 4 is 11.8 Å². The molecule has 5 rings (SSSR count). The fourth-order valence-electron chi connectivity index (χ4n) is 5.04. The number of hydrogen-bond acceptors (Lipinski definition) is 9. The van der Waals surface area contributed by atoms with Gasteiger partial charge in [-0.15, -0.1) is 0 Å². The van der Waals surface area contributed by atoms with Gasteiger partial charge in [0.15, 0.2) is 11.5 Å². The van der Waals surface area contributed by atoms with E-state index in [1.807, 2.05) is 17.0 Å². The van der Waals surface area contributed by atoms with Crippen molar-refractivity contribution in [2.45, 2.75) is 19.4 Å². The molecule has 0 N–H and O–H groups in total. The molecule has 0 aliphatic carbocycles. The Bertz CT molecular complexity index is 1070. The van der Waals surface area contributed by atoms with Crippen molar-refractivity contribution in [3.8, 4) is 11.5 Å². The highest BCUT2D eigenvalue weighted by molar-refractivity contribution is 5.92. The highest BCUT2D eigenvalue weighted by Crippen LogP contribution is 2.32. The molecule has 0 unspecified atom stereocenters. The molecule has 204 valence electrons. The summed E-state index contributed by atoms with van der Waals surface area (Å²) in [5, 5.41) is 0. The summed E-state index contributed by atoms with van der Waals surface area (Å²) < 4.78 is 16.3. The van der Waals surface area contributed by atoms with Crippen molar-refractivity contribution in [2.24, 2.45) is 0 Å². The SMILES string of the molecule is O=C(CCN(CCCN1CCOCC1)C(=O)c1cnccn1)N1CCN(Cc2ccc3c(c2)OCO3)CC1. The number of aromatic nitrogens is 2. The van der Waals surface area contributed by atoms with Crippen LogP contribution in [0, 0.1) is 0 Å². The zero-order chi connectivity index (χ0) is 26.2. The number of rotatable bonds is 10. The summed E-state index contributed by atoms with van der Waals surface area (Å²) in [6.45, 7) is 9.22. The van der Waals surface area contributed by atoms with Crippen LogP contribution < -0.4 is 9.47 Å². The van der Waals surface area contributed by atoms with Gasteiger partial charge < -0.3 is 24.0 Å². The fraction of sp³-hybridized carbons (Fsp3) is 0.556. The highest BCUT2D eigenvalue weighted by Gasteiger charge is 2.24. The molecule has 0 spiro atoms. The van der Waals surface area contributed by atoms with Crippen molar-refractivity contribution in [3.05, 3.63) is 48.0 Å². The van der Waals surface area contributed by atoms with Crippen LogP contribution in [-0.2, 0) is 16.1 Å². The minimum atomic E-state index is -0.179. The third-order valence-corrected chi connectivity index (χ3v) is 7.24. The Balaban J connectivity index is 1.09. The molecule has 2 amide bonds. The van der Waals surface area contributed by atoms with E-state index in [0.29, 0.717) is 38.3 Å².